The second-order valence-corrected chi connectivity index (χ2v) is 7.25. The van der Waals surface area contributed by atoms with Gasteiger partial charge in [-0.2, -0.15) is 4.31 Å². The molecular weight excluding hydrogens is 378 g/mol. The fourth-order valence-electron chi connectivity index (χ4n) is 2.96. The lowest BCUT2D eigenvalue weighted by atomic mass is 10.1. The van der Waals surface area contributed by atoms with Crippen molar-refractivity contribution in [2.45, 2.75) is 12.6 Å². The second-order valence-electron chi connectivity index (χ2n) is 6.21. The number of methoxy groups -OCH3 is 1. The van der Waals surface area contributed by atoms with Crippen LogP contribution >= 0.6 is 0 Å². The molecule has 0 spiro atoms. The van der Waals surface area contributed by atoms with Crippen molar-refractivity contribution in [2.24, 2.45) is 0 Å². The molecule has 3 aromatic rings. The Bertz CT molecular complexity index is 962. The van der Waals surface area contributed by atoms with E-state index in [0.29, 0.717) is 5.56 Å². The van der Waals surface area contributed by atoms with Gasteiger partial charge in [0.25, 0.3) is 0 Å². The van der Waals surface area contributed by atoms with E-state index < -0.39 is 16.9 Å². The van der Waals surface area contributed by atoms with Crippen molar-refractivity contribution in [1.29, 1.82) is 0 Å². The minimum Gasteiger partial charge on any atom is -0.465 e. The van der Waals surface area contributed by atoms with Gasteiger partial charge in [0.1, 0.15) is 0 Å². The predicted octanol–water partition coefficient (Wildman–Crippen LogP) is 2.29. The number of esters is 1. The maximum Gasteiger partial charge on any atom is 0.337 e. The van der Waals surface area contributed by atoms with Crippen molar-refractivity contribution in [2.75, 3.05) is 13.7 Å². The van der Waals surface area contributed by atoms with Crippen LogP contribution in [0.5, 0.6) is 0 Å². The standard InChI is InChI=1S/C20H21N3O4S/c1-27-20(24)18-9-7-16(8-10-18)13-23(28(25)26)14-19(22-12-11-21-15-22)17-5-3-2-4-6-17/h2-12,15,19,28H,13-14H2,1H3. The van der Waals surface area contributed by atoms with Crippen LogP contribution in [0, 0.1) is 0 Å². The molecule has 0 amide bonds. The molecule has 0 saturated carbocycles. The lowest BCUT2D eigenvalue weighted by Gasteiger charge is -2.24. The van der Waals surface area contributed by atoms with Crippen LogP contribution in [-0.2, 0) is 22.2 Å². The number of rotatable bonds is 8. The number of thiol groups is 1. The van der Waals surface area contributed by atoms with Crippen molar-refractivity contribution in [3.05, 3.63) is 90.0 Å². The average molecular weight is 399 g/mol. The monoisotopic (exact) mass is 399 g/mol. The Balaban J connectivity index is 1.82. The van der Waals surface area contributed by atoms with Crippen LogP contribution < -0.4 is 0 Å². The summed E-state index contributed by atoms with van der Waals surface area (Å²) in [6, 6.07) is 16.2. The third-order valence-electron chi connectivity index (χ3n) is 4.42. The van der Waals surface area contributed by atoms with Gasteiger partial charge in [0.15, 0.2) is 0 Å². The van der Waals surface area contributed by atoms with Crippen LogP contribution in [0.2, 0.25) is 0 Å². The zero-order valence-corrected chi connectivity index (χ0v) is 16.2. The molecule has 2 aromatic carbocycles. The van der Waals surface area contributed by atoms with Crippen molar-refractivity contribution < 1.29 is 17.9 Å². The van der Waals surface area contributed by atoms with Crippen LogP contribution in [0.25, 0.3) is 0 Å². The molecule has 0 N–H and O–H groups in total. The van der Waals surface area contributed by atoms with Crippen molar-refractivity contribution in [3.8, 4) is 0 Å². The van der Waals surface area contributed by atoms with E-state index in [1.165, 1.54) is 11.4 Å². The average Bonchev–Trinajstić information content (AvgIpc) is 3.26. The van der Waals surface area contributed by atoms with Crippen molar-refractivity contribution >= 4 is 16.9 Å². The van der Waals surface area contributed by atoms with E-state index >= 15 is 0 Å². The molecule has 1 unspecified atom stereocenters. The minimum atomic E-state index is -2.80. The van der Waals surface area contributed by atoms with E-state index in [9.17, 15) is 13.2 Å². The normalized spacial score (nSPS) is 12.2. The first-order valence-corrected chi connectivity index (χ1v) is 9.80. The summed E-state index contributed by atoms with van der Waals surface area (Å²) >= 11 is 0. The Morgan fingerprint density at radius 3 is 2.43 bits per heavy atom. The summed E-state index contributed by atoms with van der Waals surface area (Å²) in [5, 5.41) is 0. The maximum absolute atomic E-state index is 11.9. The molecule has 0 bridgehead atoms. The van der Waals surface area contributed by atoms with Gasteiger partial charge in [-0.1, -0.05) is 42.5 Å². The number of ether oxygens (including phenoxy) is 1. The van der Waals surface area contributed by atoms with Crippen LogP contribution in [0.3, 0.4) is 0 Å². The summed E-state index contributed by atoms with van der Waals surface area (Å²) in [5.41, 5.74) is 2.19. The Kier molecular flexibility index (Phi) is 6.57. The molecule has 0 fully saturated rings. The van der Waals surface area contributed by atoms with Crippen LogP contribution in [0.1, 0.15) is 27.5 Å². The summed E-state index contributed by atoms with van der Waals surface area (Å²) in [7, 11) is -1.48. The second kappa shape index (κ2) is 9.29. The molecule has 146 valence electrons. The molecule has 1 atom stereocenters. The summed E-state index contributed by atoms with van der Waals surface area (Å²) in [6.07, 6.45) is 5.17. The van der Waals surface area contributed by atoms with Gasteiger partial charge in [-0.3, -0.25) is 0 Å². The fourth-order valence-corrected chi connectivity index (χ4v) is 3.53. The largest absolute Gasteiger partial charge is 0.465 e. The molecule has 0 aliphatic carbocycles. The summed E-state index contributed by atoms with van der Waals surface area (Å²) in [5.74, 6) is -0.428. The van der Waals surface area contributed by atoms with Crippen molar-refractivity contribution in [1.82, 2.24) is 13.9 Å². The van der Waals surface area contributed by atoms with Crippen LogP contribution in [-0.4, -0.2) is 41.9 Å². The number of carbonyl (C=O) groups excluding carboxylic acids is 1. The number of hydrogen-bond acceptors (Lipinski definition) is 5. The Morgan fingerprint density at radius 1 is 1.14 bits per heavy atom. The Morgan fingerprint density at radius 2 is 1.86 bits per heavy atom. The van der Waals surface area contributed by atoms with E-state index in [0.717, 1.165) is 11.1 Å². The van der Waals surface area contributed by atoms with E-state index in [4.69, 9.17) is 0 Å². The van der Waals surface area contributed by atoms with Crippen LogP contribution in [0.4, 0.5) is 0 Å². The van der Waals surface area contributed by atoms with Gasteiger partial charge in [-0.05, 0) is 23.3 Å². The predicted molar refractivity (Wildman–Crippen MR) is 105 cm³/mol. The number of carbonyl (C=O) groups is 1. The first-order chi connectivity index (χ1) is 13.6. The molecular formula is C20H21N3O4S. The SMILES string of the molecule is COC(=O)c1ccc(CN(CC(c2ccccc2)n2ccnc2)[SH](=O)=O)cc1. The zero-order chi connectivity index (χ0) is 19.9. The summed E-state index contributed by atoms with van der Waals surface area (Å²) < 4.78 is 31.8. The number of nitrogens with zero attached hydrogens (tertiary/aromatic N) is 3. The maximum atomic E-state index is 11.9. The molecule has 0 aliphatic heterocycles. The minimum absolute atomic E-state index is 0.203. The lowest BCUT2D eigenvalue weighted by Crippen LogP contribution is -2.30. The number of aromatic nitrogens is 2. The highest BCUT2D eigenvalue weighted by atomic mass is 32.2. The van der Waals surface area contributed by atoms with Crippen LogP contribution in [0.15, 0.2) is 73.3 Å². The van der Waals surface area contributed by atoms with E-state index in [1.807, 2.05) is 41.1 Å². The summed E-state index contributed by atoms with van der Waals surface area (Å²) in [4.78, 5) is 15.6. The van der Waals surface area contributed by atoms with Gasteiger partial charge in [-0.15, -0.1) is 0 Å². The van der Waals surface area contributed by atoms with Crippen molar-refractivity contribution in [3.63, 3.8) is 0 Å². The molecule has 8 heteroatoms. The van der Waals surface area contributed by atoms with E-state index in [-0.39, 0.29) is 19.1 Å². The molecule has 1 aromatic heterocycles. The lowest BCUT2D eigenvalue weighted by molar-refractivity contribution is 0.0600. The first kappa shape index (κ1) is 19.8. The molecule has 0 radical (unpaired) electrons. The van der Waals surface area contributed by atoms with Gasteiger partial charge in [0.2, 0.25) is 10.9 Å². The highest BCUT2D eigenvalue weighted by Crippen LogP contribution is 2.21. The molecule has 28 heavy (non-hydrogen) atoms. The molecule has 0 aliphatic rings. The number of imidazole rings is 1. The van der Waals surface area contributed by atoms with Gasteiger partial charge >= 0.3 is 5.97 Å². The zero-order valence-electron chi connectivity index (χ0n) is 15.3. The highest BCUT2D eigenvalue weighted by Gasteiger charge is 2.19. The van der Waals surface area contributed by atoms with Gasteiger partial charge in [0.05, 0.1) is 25.0 Å². The smallest absolute Gasteiger partial charge is 0.337 e. The number of hydrogen-bond donors (Lipinski definition) is 1. The third kappa shape index (κ3) is 4.85. The Labute approximate surface area is 165 Å². The molecule has 1 heterocycles. The molecule has 7 nitrogen and oxygen atoms in total. The highest BCUT2D eigenvalue weighted by molar-refractivity contribution is 7.69. The Hall–Kier alpha value is -2.97. The van der Waals surface area contributed by atoms with Gasteiger partial charge in [0, 0.05) is 25.5 Å². The molecule has 3 rings (SSSR count). The van der Waals surface area contributed by atoms with E-state index in [1.54, 1.807) is 36.8 Å². The van der Waals surface area contributed by atoms with E-state index in [2.05, 4.69) is 9.72 Å². The summed E-state index contributed by atoms with van der Waals surface area (Å²) in [6.45, 7) is 0.468. The number of benzene rings is 2. The topological polar surface area (TPSA) is 81.5 Å². The fraction of sp³-hybridized carbons (Fsp3) is 0.200. The quantitative estimate of drug-likeness (QED) is 0.464. The van der Waals surface area contributed by atoms with Gasteiger partial charge < -0.3 is 9.30 Å². The third-order valence-corrected chi connectivity index (χ3v) is 5.19. The first-order valence-electron chi connectivity index (χ1n) is 8.67. The van der Waals surface area contributed by atoms with Gasteiger partial charge in [-0.25, -0.2) is 18.2 Å². The molecule has 0 saturated heterocycles.